The highest BCUT2D eigenvalue weighted by Crippen LogP contribution is 2.35. The van der Waals surface area contributed by atoms with Gasteiger partial charge in [0.15, 0.2) is 0 Å². The summed E-state index contributed by atoms with van der Waals surface area (Å²) in [6.07, 6.45) is 2.34. The van der Waals surface area contributed by atoms with Crippen LogP contribution in [0.25, 0.3) is 22.2 Å². The van der Waals surface area contributed by atoms with Gasteiger partial charge in [-0.3, -0.25) is 0 Å². The van der Waals surface area contributed by atoms with Gasteiger partial charge in [0.05, 0.1) is 11.2 Å². The molecule has 1 aromatic heterocycles. The van der Waals surface area contributed by atoms with Crippen LogP contribution in [0.15, 0.2) is 36.4 Å². The lowest BCUT2D eigenvalue weighted by Crippen LogP contribution is -2.30. The van der Waals surface area contributed by atoms with Crippen LogP contribution in [0.5, 0.6) is 5.75 Å². The SMILES string of the molecule is Cc1cc(F)cc(O)c1-c1cc2cccc([C@@H]3CCCN(C)C3)c2nn1. The van der Waals surface area contributed by atoms with E-state index >= 15 is 0 Å². The van der Waals surface area contributed by atoms with Crippen LogP contribution in [0.1, 0.15) is 29.9 Å². The second-order valence-corrected chi connectivity index (χ2v) is 7.23. The van der Waals surface area contributed by atoms with E-state index in [-0.39, 0.29) is 5.75 Å². The number of phenolic OH excluding ortho intramolecular Hbond substituents is 1. The number of nitrogens with zero attached hydrogens (tertiary/aromatic N) is 3. The third-order valence-electron chi connectivity index (χ3n) is 5.25. The van der Waals surface area contributed by atoms with E-state index in [0.29, 0.717) is 22.7 Å². The van der Waals surface area contributed by atoms with Gasteiger partial charge in [0.1, 0.15) is 11.6 Å². The summed E-state index contributed by atoms with van der Waals surface area (Å²) in [6.45, 7) is 3.93. The fourth-order valence-corrected chi connectivity index (χ4v) is 4.02. The maximum Gasteiger partial charge on any atom is 0.128 e. The summed E-state index contributed by atoms with van der Waals surface area (Å²) in [6, 6.07) is 10.6. The van der Waals surface area contributed by atoms with Crippen molar-refractivity contribution >= 4 is 10.9 Å². The van der Waals surface area contributed by atoms with Crippen molar-refractivity contribution < 1.29 is 9.50 Å². The number of likely N-dealkylation sites (tertiary alicyclic amines) is 1. The summed E-state index contributed by atoms with van der Waals surface area (Å²) in [5, 5.41) is 20.0. The molecule has 0 bridgehead atoms. The second-order valence-electron chi connectivity index (χ2n) is 7.23. The van der Waals surface area contributed by atoms with E-state index in [9.17, 15) is 9.50 Å². The zero-order valence-electron chi connectivity index (χ0n) is 15.0. The van der Waals surface area contributed by atoms with Crippen molar-refractivity contribution in [3.8, 4) is 17.0 Å². The summed E-state index contributed by atoms with van der Waals surface area (Å²) >= 11 is 0. The number of halogens is 1. The molecule has 0 amide bonds. The number of aromatic hydroxyl groups is 1. The molecule has 26 heavy (non-hydrogen) atoms. The Hall–Kier alpha value is -2.53. The van der Waals surface area contributed by atoms with E-state index in [1.165, 1.54) is 18.1 Å². The molecular weight excluding hydrogens is 329 g/mol. The minimum absolute atomic E-state index is 0.110. The van der Waals surface area contributed by atoms with Crippen LogP contribution in [0.2, 0.25) is 0 Å². The number of fused-ring (bicyclic) bond motifs is 1. The second kappa shape index (κ2) is 6.65. The summed E-state index contributed by atoms with van der Waals surface area (Å²) in [5.74, 6) is -0.110. The van der Waals surface area contributed by atoms with Gasteiger partial charge in [-0.2, -0.15) is 0 Å². The molecule has 1 N–H and O–H groups in total. The van der Waals surface area contributed by atoms with Crippen molar-refractivity contribution in [2.75, 3.05) is 20.1 Å². The predicted molar refractivity (Wildman–Crippen MR) is 101 cm³/mol. The highest BCUT2D eigenvalue weighted by molar-refractivity contribution is 5.86. The van der Waals surface area contributed by atoms with Gasteiger partial charge in [-0.15, -0.1) is 10.2 Å². The van der Waals surface area contributed by atoms with E-state index in [0.717, 1.165) is 36.5 Å². The Balaban J connectivity index is 1.80. The number of aromatic nitrogens is 2. The van der Waals surface area contributed by atoms with Crippen LogP contribution in [-0.2, 0) is 0 Å². The quantitative estimate of drug-likeness (QED) is 0.749. The maximum absolute atomic E-state index is 13.5. The first-order valence-corrected chi connectivity index (χ1v) is 8.97. The van der Waals surface area contributed by atoms with Gasteiger partial charge in [0, 0.05) is 23.6 Å². The molecule has 0 radical (unpaired) electrons. The molecule has 2 aromatic carbocycles. The lowest BCUT2D eigenvalue weighted by Gasteiger charge is -2.30. The van der Waals surface area contributed by atoms with Crippen LogP contribution in [0.3, 0.4) is 0 Å². The molecule has 1 fully saturated rings. The van der Waals surface area contributed by atoms with E-state index in [1.54, 1.807) is 6.92 Å². The number of piperidine rings is 1. The molecule has 4 nitrogen and oxygen atoms in total. The van der Waals surface area contributed by atoms with E-state index in [2.05, 4.69) is 34.3 Å². The normalized spacial score (nSPS) is 18.3. The van der Waals surface area contributed by atoms with Crippen LogP contribution >= 0.6 is 0 Å². The van der Waals surface area contributed by atoms with Gasteiger partial charge >= 0.3 is 0 Å². The molecule has 3 aromatic rings. The van der Waals surface area contributed by atoms with Gasteiger partial charge in [-0.1, -0.05) is 18.2 Å². The van der Waals surface area contributed by atoms with E-state index in [4.69, 9.17) is 0 Å². The predicted octanol–water partition coefficient (Wildman–Crippen LogP) is 4.26. The number of benzene rings is 2. The van der Waals surface area contributed by atoms with Crippen LogP contribution in [0.4, 0.5) is 4.39 Å². The molecule has 0 saturated carbocycles. The lowest BCUT2D eigenvalue weighted by atomic mass is 9.89. The first kappa shape index (κ1) is 16.9. The first-order valence-electron chi connectivity index (χ1n) is 8.97. The van der Waals surface area contributed by atoms with Crippen molar-refractivity contribution in [1.82, 2.24) is 15.1 Å². The smallest absolute Gasteiger partial charge is 0.128 e. The zero-order chi connectivity index (χ0) is 18.3. The number of likely N-dealkylation sites (N-methyl/N-ethyl adjacent to an activating group) is 1. The fraction of sp³-hybridized carbons (Fsp3) is 0.333. The summed E-state index contributed by atoms with van der Waals surface area (Å²) in [7, 11) is 2.15. The largest absolute Gasteiger partial charge is 0.507 e. The zero-order valence-corrected chi connectivity index (χ0v) is 15.0. The standard InChI is InChI=1S/C21H22FN3O/c1-13-9-16(22)11-19(26)20(13)18-10-14-5-3-7-17(21(14)24-23-18)15-6-4-8-25(2)12-15/h3,5,7,9-11,15,26H,4,6,8,12H2,1-2H3/t15-/m1/s1. The highest BCUT2D eigenvalue weighted by atomic mass is 19.1. The lowest BCUT2D eigenvalue weighted by molar-refractivity contribution is 0.251. The van der Waals surface area contributed by atoms with Crippen molar-refractivity contribution in [2.45, 2.75) is 25.7 Å². The maximum atomic E-state index is 13.5. The van der Waals surface area contributed by atoms with Gasteiger partial charge in [0.2, 0.25) is 0 Å². The summed E-state index contributed by atoms with van der Waals surface area (Å²) in [5.41, 5.74) is 3.87. The minimum atomic E-state index is -0.457. The van der Waals surface area contributed by atoms with Crippen molar-refractivity contribution in [3.05, 3.63) is 53.3 Å². The number of rotatable bonds is 2. The molecule has 0 spiro atoms. The highest BCUT2D eigenvalue weighted by Gasteiger charge is 2.22. The third-order valence-corrected chi connectivity index (χ3v) is 5.25. The number of phenols is 1. The average molecular weight is 351 g/mol. The Morgan fingerprint density at radius 2 is 2.04 bits per heavy atom. The van der Waals surface area contributed by atoms with Crippen molar-refractivity contribution in [2.24, 2.45) is 0 Å². The molecule has 2 heterocycles. The number of aryl methyl sites for hydroxylation is 1. The molecule has 1 aliphatic heterocycles. The fourth-order valence-electron chi connectivity index (χ4n) is 4.02. The van der Waals surface area contributed by atoms with Gasteiger partial charge in [0.25, 0.3) is 0 Å². The Morgan fingerprint density at radius 1 is 1.19 bits per heavy atom. The Labute approximate surface area is 152 Å². The van der Waals surface area contributed by atoms with Gasteiger partial charge in [-0.05, 0) is 62.5 Å². The van der Waals surface area contributed by atoms with Crippen molar-refractivity contribution in [1.29, 1.82) is 0 Å². The van der Waals surface area contributed by atoms with Crippen LogP contribution in [-0.4, -0.2) is 40.3 Å². The molecule has 1 aliphatic rings. The van der Waals surface area contributed by atoms with Crippen LogP contribution in [0, 0.1) is 12.7 Å². The molecule has 4 rings (SSSR count). The number of hydrogen-bond donors (Lipinski definition) is 1. The van der Waals surface area contributed by atoms with Gasteiger partial charge < -0.3 is 10.0 Å². The minimum Gasteiger partial charge on any atom is -0.507 e. The van der Waals surface area contributed by atoms with E-state index in [1.807, 2.05) is 12.1 Å². The van der Waals surface area contributed by atoms with Gasteiger partial charge in [-0.25, -0.2) is 4.39 Å². The topological polar surface area (TPSA) is 49.2 Å². The molecular formula is C21H22FN3O. The monoisotopic (exact) mass is 351 g/mol. The molecule has 5 heteroatoms. The summed E-state index contributed by atoms with van der Waals surface area (Å²) in [4.78, 5) is 2.36. The Bertz CT molecular complexity index is 950. The number of hydrogen-bond acceptors (Lipinski definition) is 4. The van der Waals surface area contributed by atoms with E-state index < -0.39 is 5.82 Å². The van der Waals surface area contributed by atoms with Crippen molar-refractivity contribution in [3.63, 3.8) is 0 Å². The first-order chi connectivity index (χ1) is 12.5. The molecule has 0 aliphatic carbocycles. The summed E-state index contributed by atoms with van der Waals surface area (Å²) < 4.78 is 13.5. The molecule has 1 atom stereocenters. The molecule has 134 valence electrons. The molecule has 1 saturated heterocycles. The Morgan fingerprint density at radius 3 is 2.81 bits per heavy atom. The van der Waals surface area contributed by atoms with Crippen LogP contribution < -0.4 is 0 Å². The Kier molecular flexibility index (Phi) is 4.32. The third kappa shape index (κ3) is 3.03. The average Bonchev–Trinajstić information content (AvgIpc) is 2.60. The molecule has 0 unspecified atom stereocenters.